The monoisotopic (exact) mass is 339 g/mol. The summed E-state index contributed by atoms with van der Waals surface area (Å²) in [6.45, 7) is 3.06. The summed E-state index contributed by atoms with van der Waals surface area (Å²) in [6.07, 6.45) is 3.45. The molecule has 4 heteroatoms. The number of hydrogen-bond acceptors (Lipinski definition) is 3. The Hall–Kier alpha value is -2.33. The molecule has 0 aromatic heterocycles. The lowest BCUT2D eigenvalue weighted by Crippen LogP contribution is -2.33. The Labute approximate surface area is 149 Å². The molecule has 2 aromatic rings. The number of carbonyl (C=O) groups is 1. The SMILES string of the molecule is COc1ccccc1CC1CCN(Cc2ccc(C(=O)O)cc2)CC1. The zero-order chi connectivity index (χ0) is 17.6. The third-order valence-corrected chi connectivity index (χ3v) is 5.02. The number of rotatable bonds is 6. The molecule has 0 atom stereocenters. The van der Waals surface area contributed by atoms with Gasteiger partial charge in [-0.15, -0.1) is 0 Å². The average Bonchev–Trinajstić information content (AvgIpc) is 2.64. The number of hydrogen-bond donors (Lipinski definition) is 1. The van der Waals surface area contributed by atoms with Crippen molar-refractivity contribution in [1.29, 1.82) is 0 Å². The Morgan fingerprint density at radius 3 is 2.44 bits per heavy atom. The highest BCUT2D eigenvalue weighted by atomic mass is 16.5. The summed E-state index contributed by atoms with van der Waals surface area (Å²) < 4.78 is 5.46. The van der Waals surface area contributed by atoms with Gasteiger partial charge in [-0.2, -0.15) is 0 Å². The normalized spacial score (nSPS) is 15.9. The van der Waals surface area contributed by atoms with Gasteiger partial charge in [0.2, 0.25) is 0 Å². The fraction of sp³-hybridized carbons (Fsp3) is 0.381. The number of carboxylic acid groups (broad SMARTS) is 1. The van der Waals surface area contributed by atoms with Crippen LogP contribution in [0.3, 0.4) is 0 Å². The maximum absolute atomic E-state index is 10.9. The van der Waals surface area contributed by atoms with E-state index in [-0.39, 0.29) is 0 Å². The molecule has 1 heterocycles. The molecule has 1 N–H and O–H groups in total. The van der Waals surface area contributed by atoms with Crippen LogP contribution in [0.25, 0.3) is 0 Å². The van der Waals surface area contributed by atoms with Crippen LogP contribution in [0.2, 0.25) is 0 Å². The van der Waals surface area contributed by atoms with E-state index in [1.165, 1.54) is 24.0 Å². The molecule has 0 unspecified atom stereocenters. The summed E-state index contributed by atoms with van der Waals surface area (Å²) in [5.41, 5.74) is 2.82. The van der Waals surface area contributed by atoms with E-state index in [9.17, 15) is 4.79 Å². The number of aromatic carboxylic acids is 1. The smallest absolute Gasteiger partial charge is 0.335 e. The van der Waals surface area contributed by atoms with Crippen LogP contribution in [0.15, 0.2) is 48.5 Å². The van der Waals surface area contributed by atoms with Gasteiger partial charge >= 0.3 is 5.97 Å². The fourth-order valence-electron chi connectivity index (χ4n) is 3.54. The van der Waals surface area contributed by atoms with E-state index >= 15 is 0 Å². The lowest BCUT2D eigenvalue weighted by molar-refractivity contribution is 0.0697. The van der Waals surface area contributed by atoms with Gasteiger partial charge in [0.1, 0.15) is 5.75 Å². The predicted molar refractivity (Wildman–Crippen MR) is 98.1 cm³/mol. The van der Waals surface area contributed by atoms with Crippen LogP contribution in [0.4, 0.5) is 0 Å². The first-order valence-corrected chi connectivity index (χ1v) is 8.82. The summed E-state index contributed by atoms with van der Waals surface area (Å²) in [5.74, 6) is 0.814. The second-order valence-corrected chi connectivity index (χ2v) is 6.74. The van der Waals surface area contributed by atoms with Crippen LogP contribution in [0.5, 0.6) is 5.75 Å². The van der Waals surface area contributed by atoms with Gasteiger partial charge in [-0.3, -0.25) is 4.90 Å². The van der Waals surface area contributed by atoms with Gasteiger partial charge in [0.25, 0.3) is 0 Å². The number of carboxylic acids is 1. The van der Waals surface area contributed by atoms with E-state index in [0.29, 0.717) is 11.5 Å². The minimum absolute atomic E-state index is 0.347. The Balaban J connectivity index is 1.51. The maximum Gasteiger partial charge on any atom is 0.335 e. The van der Waals surface area contributed by atoms with Crippen molar-refractivity contribution >= 4 is 5.97 Å². The summed E-state index contributed by atoms with van der Waals surface area (Å²) in [7, 11) is 1.73. The van der Waals surface area contributed by atoms with Gasteiger partial charge in [0, 0.05) is 6.54 Å². The van der Waals surface area contributed by atoms with Crippen LogP contribution in [0, 0.1) is 5.92 Å². The quantitative estimate of drug-likeness (QED) is 0.868. The molecule has 0 saturated carbocycles. The van der Waals surface area contributed by atoms with Crippen molar-refractivity contribution in [1.82, 2.24) is 4.90 Å². The summed E-state index contributed by atoms with van der Waals surface area (Å²) in [4.78, 5) is 13.4. The van der Waals surface area contributed by atoms with Gasteiger partial charge in [-0.05, 0) is 67.6 Å². The number of para-hydroxylation sites is 1. The van der Waals surface area contributed by atoms with E-state index in [1.54, 1.807) is 19.2 Å². The molecule has 1 aliphatic heterocycles. The zero-order valence-electron chi connectivity index (χ0n) is 14.6. The molecule has 132 valence electrons. The van der Waals surface area contributed by atoms with Gasteiger partial charge in [-0.1, -0.05) is 30.3 Å². The molecule has 25 heavy (non-hydrogen) atoms. The number of methoxy groups -OCH3 is 1. The lowest BCUT2D eigenvalue weighted by atomic mass is 9.89. The first kappa shape index (κ1) is 17.5. The standard InChI is InChI=1S/C21H25NO3/c1-25-20-5-3-2-4-19(20)14-16-10-12-22(13-11-16)15-17-6-8-18(9-7-17)21(23)24/h2-9,16H,10-15H2,1H3,(H,23,24). The summed E-state index contributed by atoms with van der Waals surface area (Å²) >= 11 is 0. The molecular formula is C21H25NO3. The number of benzene rings is 2. The van der Waals surface area contributed by atoms with E-state index in [4.69, 9.17) is 9.84 Å². The topological polar surface area (TPSA) is 49.8 Å². The minimum Gasteiger partial charge on any atom is -0.496 e. The molecule has 0 amide bonds. The fourth-order valence-corrected chi connectivity index (χ4v) is 3.54. The molecule has 2 aromatic carbocycles. The Morgan fingerprint density at radius 2 is 1.80 bits per heavy atom. The van der Waals surface area contributed by atoms with Crippen molar-refractivity contribution < 1.29 is 14.6 Å². The van der Waals surface area contributed by atoms with E-state index in [0.717, 1.165) is 31.8 Å². The summed E-state index contributed by atoms with van der Waals surface area (Å²) in [6, 6.07) is 15.5. The minimum atomic E-state index is -0.872. The molecule has 0 radical (unpaired) electrons. The maximum atomic E-state index is 10.9. The number of piperidine rings is 1. The van der Waals surface area contributed by atoms with Crippen LogP contribution in [-0.4, -0.2) is 36.2 Å². The van der Waals surface area contributed by atoms with Crippen LogP contribution in [0.1, 0.15) is 34.3 Å². The second kappa shape index (κ2) is 8.17. The molecular weight excluding hydrogens is 314 g/mol. The molecule has 4 nitrogen and oxygen atoms in total. The zero-order valence-corrected chi connectivity index (χ0v) is 14.6. The van der Waals surface area contributed by atoms with Gasteiger partial charge < -0.3 is 9.84 Å². The highest BCUT2D eigenvalue weighted by Gasteiger charge is 2.20. The Kier molecular flexibility index (Phi) is 5.71. The van der Waals surface area contributed by atoms with Crippen molar-refractivity contribution in [3.05, 3.63) is 65.2 Å². The first-order chi connectivity index (χ1) is 12.2. The molecule has 0 bridgehead atoms. The van der Waals surface area contributed by atoms with E-state index < -0.39 is 5.97 Å². The molecule has 0 aliphatic carbocycles. The van der Waals surface area contributed by atoms with Crippen molar-refractivity contribution in [3.8, 4) is 5.75 Å². The largest absolute Gasteiger partial charge is 0.496 e. The van der Waals surface area contributed by atoms with Crippen molar-refractivity contribution in [3.63, 3.8) is 0 Å². The van der Waals surface area contributed by atoms with E-state index in [2.05, 4.69) is 17.0 Å². The molecule has 0 spiro atoms. The van der Waals surface area contributed by atoms with E-state index in [1.807, 2.05) is 24.3 Å². The van der Waals surface area contributed by atoms with Crippen molar-refractivity contribution in [2.45, 2.75) is 25.8 Å². The number of ether oxygens (including phenoxy) is 1. The Bertz CT molecular complexity index is 703. The van der Waals surface area contributed by atoms with Crippen molar-refractivity contribution in [2.75, 3.05) is 20.2 Å². The van der Waals surface area contributed by atoms with Crippen LogP contribution >= 0.6 is 0 Å². The molecule has 1 aliphatic rings. The molecule has 3 rings (SSSR count). The van der Waals surface area contributed by atoms with Gasteiger partial charge in [0.15, 0.2) is 0 Å². The molecule has 1 fully saturated rings. The van der Waals surface area contributed by atoms with Gasteiger partial charge in [-0.25, -0.2) is 4.79 Å². The van der Waals surface area contributed by atoms with Crippen molar-refractivity contribution in [2.24, 2.45) is 5.92 Å². The lowest BCUT2D eigenvalue weighted by Gasteiger charge is -2.32. The third kappa shape index (κ3) is 4.60. The number of nitrogens with zero attached hydrogens (tertiary/aromatic N) is 1. The third-order valence-electron chi connectivity index (χ3n) is 5.02. The highest BCUT2D eigenvalue weighted by molar-refractivity contribution is 5.87. The Morgan fingerprint density at radius 1 is 1.12 bits per heavy atom. The average molecular weight is 339 g/mol. The highest BCUT2D eigenvalue weighted by Crippen LogP contribution is 2.27. The second-order valence-electron chi connectivity index (χ2n) is 6.74. The first-order valence-electron chi connectivity index (χ1n) is 8.82. The predicted octanol–water partition coefficient (Wildman–Crippen LogP) is 3.85. The van der Waals surface area contributed by atoms with Crippen LogP contribution < -0.4 is 4.74 Å². The van der Waals surface area contributed by atoms with Crippen LogP contribution in [-0.2, 0) is 13.0 Å². The number of likely N-dealkylation sites (tertiary alicyclic amines) is 1. The van der Waals surface area contributed by atoms with Gasteiger partial charge in [0.05, 0.1) is 12.7 Å². The summed E-state index contributed by atoms with van der Waals surface area (Å²) in [5, 5.41) is 8.97. The molecule has 1 saturated heterocycles.